The summed E-state index contributed by atoms with van der Waals surface area (Å²) in [7, 11) is 0. The minimum Gasteiger partial charge on any atom is -0.480 e. The Hall–Kier alpha value is -1.26. The van der Waals surface area contributed by atoms with Crippen molar-refractivity contribution >= 4 is 12.1 Å². The lowest BCUT2D eigenvalue weighted by Gasteiger charge is -2.32. The van der Waals surface area contributed by atoms with Crippen LogP contribution in [-0.2, 0) is 9.53 Å². The number of aliphatic carboxylic acids is 1. The van der Waals surface area contributed by atoms with E-state index in [1.807, 2.05) is 0 Å². The zero-order chi connectivity index (χ0) is 11.1. The van der Waals surface area contributed by atoms with Crippen LogP contribution in [0.3, 0.4) is 0 Å². The number of ether oxygens (including phenoxy) is 1. The number of carbonyl (C=O) groups excluding carboxylic acids is 1. The molecule has 0 radical (unpaired) electrons. The van der Waals surface area contributed by atoms with Crippen LogP contribution in [0.2, 0.25) is 0 Å². The fraction of sp³-hybridized carbons (Fsp3) is 0.778. The highest BCUT2D eigenvalue weighted by Gasteiger charge is 2.48. The van der Waals surface area contributed by atoms with Gasteiger partial charge in [-0.05, 0) is 27.7 Å². The summed E-state index contributed by atoms with van der Waals surface area (Å²) in [5.74, 6) is -1.03. The van der Waals surface area contributed by atoms with Crippen LogP contribution in [0.4, 0.5) is 4.79 Å². The van der Waals surface area contributed by atoms with Gasteiger partial charge in [0, 0.05) is 5.54 Å². The monoisotopic (exact) mass is 201 g/mol. The molecule has 5 nitrogen and oxygen atoms in total. The third-order valence-electron chi connectivity index (χ3n) is 2.18. The summed E-state index contributed by atoms with van der Waals surface area (Å²) in [5.41, 5.74) is -0.537. The fourth-order valence-electron chi connectivity index (χ4n) is 1.61. The minimum atomic E-state index is -1.03. The molecule has 1 rings (SSSR count). The lowest BCUT2D eigenvalue weighted by atomic mass is 10.0. The summed E-state index contributed by atoms with van der Waals surface area (Å²) in [6, 6.07) is -0.887. The molecule has 0 saturated carbocycles. The average molecular weight is 201 g/mol. The second kappa shape index (κ2) is 3.15. The molecule has 0 aliphatic carbocycles. The van der Waals surface area contributed by atoms with Crippen molar-refractivity contribution in [3.8, 4) is 0 Å². The standard InChI is InChI=1S/C9H15NO4/c1-5-6(7(11)12)10(8(13)14-5)9(2,3)4/h5-6H,1-4H3,(H,11,12). The van der Waals surface area contributed by atoms with E-state index in [9.17, 15) is 9.59 Å². The van der Waals surface area contributed by atoms with Crippen molar-refractivity contribution < 1.29 is 19.4 Å². The largest absolute Gasteiger partial charge is 0.480 e. The van der Waals surface area contributed by atoms with Gasteiger partial charge in [0.25, 0.3) is 0 Å². The van der Waals surface area contributed by atoms with Gasteiger partial charge in [-0.15, -0.1) is 0 Å². The van der Waals surface area contributed by atoms with E-state index >= 15 is 0 Å². The highest BCUT2D eigenvalue weighted by molar-refractivity contribution is 5.84. The number of cyclic esters (lactones) is 1. The number of rotatable bonds is 1. The molecule has 0 aromatic carbocycles. The van der Waals surface area contributed by atoms with Gasteiger partial charge in [-0.25, -0.2) is 9.59 Å². The van der Waals surface area contributed by atoms with Gasteiger partial charge >= 0.3 is 12.1 Å². The average Bonchev–Trinajstić information content (AvgIpc) is 2.23. The molecule has 1 heterocycles. The zero-order valence-electron chi connectivity index (χ0n) is 8.77. The molecule has 2 atom stereocenters. The molecule has 1 aliphatic rings. The fourth-order valence-corrected chi connectivity index (χ4v) is 1.61. The van der Waals surface area contributed by atoms with Crippen molar-refractivity contribution in [1.82, 2.24) is 4.90 Å². The van der Waals surface area contributed by atoms with Crippen LogP contribution < -0.4 is 0 Å². The molecular formula is C9H15NO4. The van der Waals surface area contributed by atoms with Crippen molar-refractivity contribution in [3.63, 3.8) is 0 Å². The maximum Gasteiger partial charge on any atom is 0.411 e. The van der Waals surface area contributed by atoms with E-state index in [1.165, 1.54) is 4.90 Å². The zero-order valence-corrected chi connectivity index (χ0v) is 8.77. The Balaban J connectivity index is 3.01. The number of hydrogen-bond acceptors (Lipinski definition) is 3. The third-order valence-corrected chi connectivity index (χ3v) is 2.18. The van der Waals surface area contributed by atoms with Gasteiger partial charge in [0.15, 0.2) is 6.04 Å². The Kier molecular flexibility index (Phi) is 2.43. The highest BCUT2D eigenvalue weighted by atomic mass is 16.6. The molecule has 0 aromatic rings. The first kappa shape index (κ1) is 10.8. The lowest BCUT2D eigenvalue weighted by molar-refractivity contribution is -0.144. The molecule has 0 spiro atoms. The molecule has 1 fully saturated rings. The molecule has 0 bridgehead atoms. The van der Waals surface area contributed by atoms with Gasteiger partial charge in [0.2, 0.25) is 0 Å². The van der Waals surface area contributed by atoms with Crippen LogP contribution in [0.15, 0.2) is 0 Å². The van der Waals surface area contributed by atoms with Gasteiger partial charge in [-0.3, -0.25) is 4.90 Å². The van der Waals surface area contributed by atoms with Crippen LogP contribution in [0.1, 0.15) is 27.7 Å². The number of carboxylic acid groups (broad SMARTS) is 1. The molecule has 0 aromatic heterocycles. The van der Waals surface area contributed by atoms with E-state index in [1.54, 1.807) is 27.7 Å². The van der Waals surface area contributed by atoms with E-state index in [0.29, 0.717) is 0 Å². The molecule has 1 saturated heterocycles. The number of amides is 1. The highest BCUT2D eigenvalue weighted by Crippen LogP contribution is 2.27. The topological polar surface area (TPSA) is 66.8 Å². The predicted molar refractivity (Wildman–Crippen MR) is 49.0 cm³/mol. The third kappa shape index (κ3) is 1.66. The van der Waals surface area contributed by atoms with Gasteiger partial charge in [-0.2, -0.15) is 0 Å². The normalized spacial score (nSPS) is 27.7. The van der Waals surface area contributed by atoms with Crippen molar-refractivity contribution in [1.29, 1.82) is 0 Å². The van der Waals surface area contributed by atoms with E-state index in [0.717, 1.165) is 0 Å². The minimum absolute atomic E-state index is 0.537. The predicted octanol–water partition coefficient (Wildman–Crippen LogP) is 1.08. The van der Waals surface area contributed by atoms with E-state index in [2.05, 4.69) is 0 Å². The summed E-state index contributed by atoms with van der Waals surface area (Å²) in [4.78, 5) is 23.6. The van der Waals surface area contributed by atoms with Crippen LogP contribution in [0.5, 0.6) is 0 Å². The summed E-state index contributed by atoms with van der Waals surface area (Å²) >= 11 is 0. The quantitative estimate of drug-likeness (QED) is 0.689. The van der Waals surface area contributed by atoms with Crippen molar-refractivity contribution in [3.05, 3.63) is 0 Å². The maximum absolute atomic E-state index is 11.4. The lowest BCUT2D eigenvalue weighted by Crippen LogP contribution is -2.51. The number of hydrogen-bond donors (Lipinski definition) is 1. The van der Waals surface area contributed by atoms with Crippen LogP contribution >= 0.6 is 0 Å². The van der Waals surface area contributed by atoms with E-state index < -0.39 is 29.7 Å². The van der Waals surface area contributed by atoms with Gasteiger partial charge < -0.3 is 9.84 Å². The Morgan fingerprint density at radius 3 is 2.29 bits per heavy atom. The Labute approximate surface area is 82.6 Å². The van der Waals surface area contributed by atoms with Crippen LogP contribution in [0.25, 0.3) is 0 Å². The number of nitrogens with zero attached hydrogens (tertiary/aromatic N) is 1. The van der Waals surface area contributed by atoms with Crippen LogP contribution in [-0.4, -0.2) is 39.8 Å². The summed E-state index contributed by atoms with van der Waals surface area (Å²) in [6.07, 6.45) is -1.16. The first-order valence-corrected chi connectivity index (χ1v) is 4.48. The first-order valence-electron chi connectivity index (χ1n) is 4.48. The molecule has 1 N–H and O–H groups in total. The maximum atomic E-state index is 11.4. The Morgan fingerprint density at radius 2 is 2.00 bits per heavy atom. The van der Waals surface area contributed by atoms with Crippen LogP contribution in [0, 0.1) is 0 Å². The van der Waals surface area contributed by atoms with Crippen molar-refractivity contribution in [2.75, 3.05) is 0 Å². The first-order chi connectivity index (χ1) is 6.25. The summed E-state index contributed by atoms with van der Waals surface area (Å²) in [6.45, 7) is 6.93. The molecule has 1 aliphatic heterocycles. The molecule has 14 heavy (non-hydrogen) atoms. The van der Waals surface area contributed by atoms with Crippen molar-refractivity contribution in [2.45, 2.75) is 45.4 Å². The Bertz CT molecular complexity index is 268. The number of carboxylic acids is 1. The SMILES string of the molecule is CC1OC(=O)N(C(C)(C)C)C1C(=O)O. The summed E-state index contributed by atoms with van der Waals surface area (Å²) in [5, 5.41) is 8.96. The molecule has 2 unspecified atom stereocenters. The van der Waals surface area contributed by atoms with E-state index in [-0.39, 0.29) is 0 Å². The second-order valence-corrected chi connectivity index (χ2v) is 4.41. The van der Waals surface area contributed by atoms with Gasteiger partial charge in [0.1, 0.15) is 6.10 Å². The Morgan fingerprint density at radius 1 is 1.50 bits per heavy atom. The molecular weight excluding hydrogens is 186 g/mol. The van der Waals surface area contributed by atoms with Gasteiger partial charge in [0.05, 0.1) is 0 Å². The van der Waals surface area contributed by atoms with Gasteiger partial charge in [-0.1, -0.05) is 0 Å². The molecule has 1 amide bonds. The van der Waals surface area contributed by atoms with E-state index in [4.69, 9.17) is 9.84 Å². The molecule has 80 valence electrons. The summed E-state index contributed by atoms with van der Waals surface area (Å²) < 4.78 is 4.88. The van der Waals surface area contributed by atoms with Crippen molar-refractivity contribution in [2.24, 2.45) is 0 Å². The molecule has 5 heteroatoms. The second-order valence-electron chi connectivity index (χ2n) is 4.41. The number of carbonyl (C=O) groups is 2. The smallest absolute Gasteiger partial charge is 0.411 e.